The van der Waals surface area contributed by atoms with Crippen LogP contribution in [0.5, 0.6) is 0 Å². The van der Waals surface area contributed by atoms with Crippen LogP contribution < -0.4 is 0 Å². The molecule has 0 amide bonds. The van der Waals surface area contributed by atoms with Crippen molar-refractivity contribution >= 4 is 10.4 Å². The molecule has 6 heteroatoms. The Morgan fingerprint density at radius 2 is 2.20 bits per heavy atom. The fraction of sp³-hybridized carbons (Fsp3) is 0.500. The first-order valence-electron chi connectivity index (χ1n) is 2.38. The smallest absolute Gasteiger partial charge is 0.387 e. The Balaban J connectivity index is 3.66. The van der Waals surface area contributed by atoms with E-state index in [0.29, 0.717) is 0 Å². The largest absolute Gasteiger partial charge is 0.397 e. The van der Waals surface area contributed by atoms with Crippen molar-refractivity contribution in [3.05, 3.63) is 12.7 Å². The van der Waals surface area contributed by atoms with Gasteiger partial charge in [-0.25, -0.2) is 4.18 Å². The summed E-state index contributed by atoms with van der Waals surface area (Å²) in [5.74, 6) is 0. The van der Waals surface area contributed by atoms with Gasteiger partial charge in [0.15, 0.2) is 0 Å². The highest BCUT2D eigenvalue weighted by atomic mass is 32.3. The molecule has 0 aromatic rings. The first kappa shape index (κ1) is 9.57. The van der Waals surface area contributed by atoms with Crippen molar-refractivity contribution in [1.29, 1.82) is 0 Å². The van der Waals surface area contributed by atoms with Crippen LogP contribution in [0.1, 0.15) is 0 Å². The molecule has 0 rings (SSSR count). The minimum Gasteiger partial charge on any atom is -0.387 e. The maximum atomic E-state index is 9.84. The van der Waals surface area contributed by atoms with E-state index in [2.05, 4.69) is 10.8 Å². The third-order valence-corrected chi connectivity index (χ3v) is 1.09. The molecule has 0 saturated heterocycles. The fourth-order valence-electron chi connectivity index (χ4n) is 0.224. The second kappa shape index (κ2) is 3.67. The van der Waals surface area contributed by atoms with E-state index in [4.69, 9.17) is 9.66 Å². The van der Waals surface area contributed by atoms with Crippen LogP contribution in [0.25, 0.3) is 0 Å². The van der Waals surface area contributed by atoms with Crippen LogP contribution >= 0.6 is 0 Å². The summed E-state index contributed by atoms with van der Waals surface area (Å²) in [6.07, 6.45) is 0.00692. The van der Waals surface area contributed by atoms with Gasteiger partial charge in [-0.2, -0.15) is 8.42 Å². The lowest BCUT2D eigenvalue weighted by molar-refractivity contribution is 0.138. The average molecular weight is 168 g/mol. The van der Waals surface area contributed by atoms with E-state index in [1.54, 1.807) is 0 Å². The Bertz CT molecular complexity index is 194. The van der Waals surface area contributed by atoms with Gasteiger partial charge in [0.1, 0.15) is 0 Å². The van der Waals surface area contributed by atoms with Gasteiger partial charge in [-0.05, 0) is 0 Å². The van der Waals surface area contributed by atoms with Gasteiger partial charge >= 0.3 is 10.4 Å². The number of hydrogen-bond donors (Lipinski definition) is 2. The quantitative estimate of drug-likeness (QED) is 0.430. The van der Waals surface area contributed by atoms with Crippen molar-refractivity contribution in [2.24, 2.45) is 0 Å². The van der Waals surface area contributed by atoms with Crippen LogP contribution in [-0.2, 0) is 14.6 Å². The summed E-state index contributed by atoms with van der Waals surface area (Å²) in [4.78, 5) is 0. The average Bonchev–Trinajstić information content (AvgIpc) is 1.81. The molecule has 0 aliphatic carbocycles. The highest BCUT2D eigenvalue weighted by molar-refractivity contribution is 7.80. The molecular formula is C4H8O5S. The van der Waals surface area contributed by atoms with E-state index in [9.17, 15) is 8.42 Å². The standard InChI is InChI=1S/C4H8O5S/c1-2-4(5)3-9-10(6,7)8/h2,4-5H,1,3H2,(H,6,7,8). The Kier molecular flexibility index (Phi) is 3.51. The zero-order valence-corrected chi connectivity index (χ0v) is 5.91. The normalized spacial score (nSPS) is 14.6. The molecule has 2 N–H and O–H groups in total. The minimum absolute atomic E-state index is 0.512. The molecule has 0 radical (unpaired) electrons. The molecule has 0 saturated carbocycles. The Hall–Kier alpha value is -0.430. The summed E-state index contributed by atoms with van der Waals surface area (Å²) >= 11 is 0. The monoisotopic (exact) mass is 168 g/mol. The minimum atomic E-state index is -4.44. The molecular weight excluding hydrogens is 160 g/mol. The van der Waals surface area contributed by atoms with E-state index in [0.717, 1.165) is 6.08 Å². The van der Waals surface area contributed by atoms with Gasteiger partial charge in [0.25, 0.3) is 0 Å². The van der Waals surface area contributed by atoms with E-state index in [-0.39, 0.29) is 0 Å². The molecule has 5 nitrogen and oxygen atoms in total. The van der Waals surface area contributed by atoms with Crippen LogP contribution in [-0.4, -0.2) is 30.8 Å². The van der Waals surface area contributed by atoms with Crippen molar-refractivity contribution in [2.45, 2.75) is 6.10 Å². The lowest BCUT2D eigenvalue weighted by Gasteiger charge is -2.01. The van der Waals surface area contributed by atoms with E-state index < -0.39 is 23.1 Å². The van der Waals surface area contributed by atoms with Gasteiger partial charge in [0.2, 0.25) is 0 Å². The SMILES string of the molecule is C=CC(O)COS(=O)(=O)O. The van der Waals surface area contributed by atoms with Gasteiger partial charge in [-0.15, -0.1) is 6.58 Å². The predicted octanol–water partition coefficient (Wildman–Crippen LogP) is -0.647. The Morgan fingerprint density at radius 1 is 1.70 bits per heavy atom. The molecule has 60 valence electrons. The predicted molar refractivity (Wildman–Crippen MR) is 33.7 cm³/mol. The third kappa shape index (κ3) is 5.70. The zero-order chi connectivity index (χ0) is 8.20. The van der Waals surface area contributed by atoms with Crippen molar-refractivity contribution in [1.82, 2.24) is 0 Å². The zero-order valence-electron chi connectivity index (χ0n) is 5.10. The summed E-state index contributed by atoms with van der Waals surface area (Å²) in [5, 5.41) is 8.60. The molecule has 0 aromatic carbocycles. The summed E-state index contributed by atoms with van der Waals surface area (Å²) < 4.78 is 31.4. The number of hydrogen-bond acceptors (Lipinski definition) is 4. The number of aliphatic hydroxyl groups excluding tert-OH is 1. The molecule has 10 heavy (non-hydrogen) atoms. The number of aliphatic hydroxyl groups is 1. The second-order valence-corrected chi connectivity index (χ2v) is 2.61. The van der Waals surface area contributed by atoms with Crippen LogP contribution in [0, 0.1) is 0 Å². The maximum Gasteiger partial charge on any atom is 0.397 e. The molecule has 0 aliphatic rings. The summed E-state index contributed by atoms with van der Waals surface area (Å²) in [5.41, 5.74) is 0. The molecule has 0 heterocycles. The molecule has 0 aliphatic heterocycles. The van der Waals surface area contributed by atoms with Gasteiger partial charge < -0.3 is 5.11 Å². The van der Waals surface area contributed by atoms with Gasteiger partial charge in [0, 0.05) is 0 Å². The maximum absolute atomic E-state index is 9.84. The van der Waals surface area contributed by atoms with E-state index in [1.807, 2.05) is 0 Å². The topological polar surface area (TPSA) is 83.8 Å². The first-order valence-corrected chi connectivity index (χ1v) is 3.74. The Morgan fingerprint density at radius 3 is 2.50 bits per heavy atom. The summed E-state index contributed by atoms with van der Waals surface area (Å²) in [7, 11) is -4.44. The number of rotatable bonds is 4. The van der Waals surface area contributed by atoms with Crippen molar-refractivity contribution < 1.29 is 22.3 Å². The molecule has 1 atom stereocenters. The molecule has 0 bridgehead atoms. The fourth-order valence-corrected chi connectivity index (χ4v) is 0.535. The van der Waals surface area contributed by atoms with Crippen LogP contribution in [0.3, 0.4) is 0 Å². The van der Waals surface area contributed by atoms with Gasteiger partial charge in [-0.3, -0.25) is 4.55 Å². The second-order valence-electron chi connectivity index (χ2n) is 1.52. The van der Waals surface area contributed by atoms with Crippen molar-refractivity contribution in [3.63, 3.8) is 0 Å². The summed E-state index contributed by atoms with van der Waals surface area (Å²) in [6.45, 7) is 2.64. The molecule has 0 spiro atoms. The lowest BCUT2D eigenvalue weighted by atomic mass is 10.4. The van der Waals surface area contributed by atoms with E-state index in [1.165, 1.54) is 0 Å². The molecule has 0 aromatic heterocycles. The molecule has 0 fully saturated rings. The van der Waals surface area contributed by atoms with Gasteiger partial charge in [0.05, 0.1) is 12.7 Å². The van der Waals surface area contributed by atoms with Crippen molar-refractivity contribution in [3.8, 4) is 0 Å². The third-order valence-electron chi connectivity index (χ3n) is 0.660. The lowest BCUT2D eigenvalue weighted by Crippen LogP contribution is -2.15. The van der Waals surface area contributed by atoms with Crippen LogP contribution in [0.2, 0.25) is 0 Å². The molecule has 1 unspecified atom stereocenters. The van der Waals surface area contributed by atoms with E-state index >= 15 is 0 Å². The Labute approximate surface area is 58.9 Å². The van der Waals surface area contributed by atoms with Gasteiger partial charge in [-0.1, -0.05) is 6.08 Å². The van der Waals surface area contributed by atoms with Crippen LogP contribution in [0.4, 0.5) is 0 Å². The first-order chi connectivity index (χ1) is 4.45. The van der Waals surface area contributed by atoms with Crippen molar-refractivity contribution in [2.75, 3.05) is 6.61 Å². The summed E-state index contributed by atoms with van der Waals surface area (Å²) in [6, 6.07) is 0. The highest BCUT2D eigenvalue weighted by Gasteiger charge is 2.06. The highest BCUT2D eigenvalue weighted by Crippen LogP contribution is 1.90. The van der Waals surface area contributed by atoms with Crippen LogP contribution in [0.15, 0.2) is 12.7 Å².